The molecule has 0 aliphatic heterocycles. The Morgan fingerprint density at radius 1 is 1.42 bits per heavy atom. The number of methoxy groups -OCH3 is 1. The van der Waals surface area contributed by atoms with Crippen molar-refractivity contribution in [3.05, 3.63) is 30.0 Å². The van der Waals surface area contributed by atoms with Crippen molar-refractivity contribution < 1.29 is 9.84 Å². The molecule has 0 saturated carbocycles. The van der Waals surface area contributed by atoms with Crippen molar-refractivity contribution >= 4 is 10.9 Å². The number of aliphatic hydroxyl groups excluding tert-OH is 1. The molecule has 5 nitrogen and oxygen atoms in total. The summed E-state index contributed by atoms with van der Waals surface area (Å²) < 4.78 is 6.80. The van der Waals surface area contributed by atoms with Crippen LogP contribution < -0.4 is 5.32 Å². The number of aliphatic hydroxyl groups is 1. The predicted octanol–water partition coefficient (Wildman–Crippen LogP) is 0.713. The maximum atomic E-state index is 10.0. The van der Waals surface area contributed by atoms with Crippen LogP contribution in [0.3, 0.4) is 0 Å². The third kappa shape index (κ3) is 3.53. The number of fused-ring (bicyclic) bond motifs is 1. The molecule has 104 valence electrons. The molecule has 0 radical (unpaired) electrons. The molecule has 0 bridgehead atoms. The molecule has 1 unspecified atom stereocenters. The van der Waals surface area contributed by atoms with Crippen LogP contribution in [0.25, 0.3) is 10.9 Å². The van der Waals surface area contributed by atoms with E-state index in [0.29, 0.717) is 19.6 Å². The van der Waals surface area contributed by atoms with Gasteiger partial charge in [0.05, 0.1) is 23.9 Å². The van der Waals surface area contributed by atoms with E-state index < -0.39 is 6.10 Å². The number of aromatic nitrogens is 2. The van der Waals surface area contributed by atoms with Crippen molar-refractivity contribution in [1.29, 1.82) is 0 Å². The van der Waals surface area contributed by atoms with Gasteiger partial charge in [-0.1, -0.05) is 18.2 Å². The zero-order valence-electron chi connectivity index (χ0n) is 11.5. The number of nitrogens with zero attached hydrogens (tertiary/aromatic N) is 2. The minimum absolute atomic E-state index is 0.435. The van der Waals surface area contributed by atoms with Gasteiger partial charge in [-0.15, -0.1) is 0 Å². The summed E-state index contributed by atoms with van der Waals surface area (Å²) in [6, 6.07) is 8.07. The second-order valence-electron chi connectivity index (χ2n) is 4.64. The van der Waals surface area contributed by atoms with Gasteiger partial charge in [0.2, 0.25) is 0 Å². The van der Waals surface area contributed by atoms with Crippen molar-refractivity contribution in [2.45, 2.75) is 12.5 Å². The lowest BCUT2D eigenvalue weighted by molar-refractivity contribution is 0.159. The molecule has 1 aromatic heterocycles. The fourth-order valence-electron chi connectivity index (χ4n) is 2.18. The average Bonchev–Trinajstić information content (AvgIpc) is 2.72. The lowest BCUT2D eigenvalue weighted by Gasteiger charge is -2.10. The molecule has 1 heterocycles. The number of rotatable bonds is 7. The van der Waals surface area contributed by atoms with Gasteiger partial charge >= 0.3 is 0 Å². The van der Waals surface area contributed by atoms with Gasteiger partial charge in [0.1, 0.15) is 0 Å². The molecule has 19 heavy (non-hydrogen) atoms. The first-order valence-corrected chi connectivity index (χ1v) is 6.50. The van der Waals surface area contributed by atoms with Crippen LogP contribution in [-0.2, 0) is 18.2 Å². The molecule has 1 atom stereocenters. The molecule has 5 heteroatoms. The molecular weight excluding hydrogens is 242 g/mol. The first-order valence-electron chi connectivity index (χ1n) is 6.50. The number of aryl methyl sites for hydroxylation is 1. The van der Waals surface area contributed by atoms with Crippen molar-refractivity contribution in [2.75, 3.05) is 26.8 Å². The summed E-state index contributed by atoms with van der Waals surface area (Å²) in [5.41, 5.74) is 2.04. The Morgan fingerprint density at radius 3 is 3.00 bits per heavy atom. The van der Waals surface area contributed by atoms with E-state index in [1.165, 1.54) is 0 Å². The van der Waals surface area contributed by atoms with E-state index in [1.54, 1.807) is 7.11 Å². The van der Waals surface area contributed by atoms with Gasteiger partial charge in [0.15, 0.2) is 0 Å². The van der Waals surface area contributed by atoms with E-state index in [-0.39, 0.29) is 0 Å². The monoisotopic (exact) mass is 263 g/mol. The van der Waals surface area contributed by atoms with Gasteiger partial charge < -0.3 is 15.2 Å². The first-order chi connectivity index (χ1) is 9.22. The van der Waals surface area contributed by atoms with E-state index in [1.807, 2.05) is 36.0 Å². The van der Waals surface area contributed by atoms with Crippen LogP contribution in [0.2, 0.25) is 0 Å². The van der Waals surface area contributed by atoms with Crippen LogP contribution in [0.1, 0.15) is 5.69 Å². The third-order valence-electron chi connectivity index (χ3n) is 3.13. The Bertz CT molecular complexity index is 524. The molecule has 0 fully saturated rings. The van der Waals surface area contributed by atoms with E-state index in [4.69, 9.17) is 4.74 Å². The number of para-hydroxylation sites is 1. The number of hydrogen-bond acceptors (Lipinski definition) is 4. The molecule has 0 amide bonds. The number of benzene rings is 1. The maximum absolute atomic E-state index is 10.0. The Labute approximate surface area is 113 Å². The van der Waals surface area contributed by atoms with Gasteiger partial charge in [0.25, 0.3) is 0 Å². The van der Waals surface area contributed by atoms with Crippen molar-refractivity contribution in [1.82, 2.24) is 15.1 Å². The first kappa shape index (κ1) is 14.0. The number of hydrogen-bond donors (Lipinski definition) is 2. The van der Waals surface area contributed by atoms with E-state index in [0.717, 1.165) is 23.1 Å². The highest BCUT2D eigenvalue weighted by atomic mass is 16.5. The van der Waals surface area contributed by atoms with Crippen LogP contribution in [0.5, 0.6) is 0 Å². The van der Waals surface area contributed by atoms with Crippen LogP contribution in [-0.4, -0.2) is 47.8 Å². The minimum Gasteiger partial charge on any atom is -0.391 e. The Balaban J connectivity index is 1.97. The summed E-state index contributed by atoms with van der Waals surface area (Å²) in [5, 5.41) is 18.8. The molecule has 2 N–H and O–H groups in total. The van der Waals surface area contributed by atoms with Gasteiger partial charge in [-0.05, 0) is 6.07 Å². The fraction of sp³-hybridized carbons (Fsp3) is 0.500. The SMILES string of the molecule is COCCNCC(O)Cc1nn(C)c2ccccc12. The zero-order valence-corrected chi connectivity index (χ0v) is 11.5. The standard InChI is InChI=1S/C14H21N3O2/c1-17-14-6-4-3-5-12(14)13(16-17)9-11(18)10-15-7-8-19-2/h3-6,11,15,18H,7-10H2,1-2H3. The van der Waals surface area contributed by atoms with Crippen LogP contribution in [0, 0.1) is 0 Å². The minimum atomic E-state index is -0.435. The quantitative estimate of drug-likeness (QED) is 0.722. The average molecular weight is 263 g/mol. The summed E-state index contributed by atoms with van der Waals surface area (Å²) in [6.07, 6.45) is 0.122. The number of nitrogens with one attached hydrogen (secondary N) is 1. The molecule has 0 aliphatic rings. The smallest absolute Gasteiger partial charge is 0.0729 e. The molecular formula is C14H21N3O2. The number of ether oxygens (including phenoxy) is 1. The summed E-state index contributed by atoms with van der Waals surface area (Å²) in [6.45, 7) is 1.95. The van der Waals surface area contributed by atoms with Gasteiger partial charge in [0, 0.05) is 39.1 Å². The highest BCUT2D eigenvalue weighted by Gasteiger charge is 2.12. The van der Waals surface area contributed by atoms with Gasteiger partial charge in [-0.2, -0.15) is 5.10 Å². The van der Waals surface area contributed by atoms with Crippen LogP contribution >= 0.6 is 0 Å². The summed E-state index contributed by atoms with van der Waals surface area (Å²) in [4.78, 5) is 0. The van der Waals surface area contributed by atoms with Crippen LogP contribution in [0.15, 0.2) is 24.3 Å². The second-order valence-corrected chi connectivity index (χ2v) is 4.64. The summed E-state index contributed by atoms with van der Waals surface area (Å²) >= 11 is 0. The third-order valence-corrected chi connectivity index (χ3v) is 3.13. The Morgan fingerprint density at radius 2 is 2.21 bits per heavy atom. The van der Waals surface area contributed by atoms with Crippen LogP contribution in [0.4, 0.5) is 0 Å². The Hall–Kier alpha value is -1.43. The largest absolute Gasteiger partial charge is 0.391 e. The van der Waals surface area contributed by atoms with E-state index >= 15 is 0 Å². The summed E-state index contributed by atoms with van der Waals surface area (Å²) in [5.74, 6) is 0. The Kier molecular flexibility index (Phi) is 4.90. The van der Waals surface area contributed by atoms with E-state index in [9.17, 15) is 5.11 Å². The van der Waals surface area contributed by atoms with Crippen molar-refractivity contribution in [3.8, 4) is 0 Å². The molecule has 0 spiro atoms. The highest BCUT2D eigenvalue weighted by molar-refractivity contribution is 5.81. The normalized spacial score (nSPS) is 13.0. The molecule has 2 aromatic rings. The van der Waals surface area contributed by atoms with Gasteiger partial charge in [-0.3, -0.25) is 4.68 Å². The van der Waals surface area contributed by atoms with Crippen molar-refractivity contribution in [2.24, 2.45) is 7.05 Å². The molecule has 1 aromatic carbocycles. The maximum Gasteiger partial charge on any atom is 0.0729 e. The van der Waals surface area contributed by atoms with Gasteiger partial charge in [-0.25, -0.2) is 0 Å². The molecule has 0 aliphatic carbocycles. The highest BCUT2D eigenvalue weighted by Crippen LogP contribution is 2.18. The lowest BCUT2D eigenvalue weighted by Crippen LogP contribution is -2.30. The second kappa shape index (κ2) is 6.65. The molecule has 2 rings (SSSR count). The van der Waals surface area contributed by atoms with E-state index in [2.05, 4.69) is 10.4 Å². The molecule has 0 saturated heterocycles. The zero-order chi connectivity index (χ0) is 13.7. The topological polar surface area (TPSA) is 59.3 Å². The predicted molar refractivity (Wildman–Crippen MR) is 75.2 cm³/mol. The fourth-order valence-corrected chi connectivity index (χ4v) is 2.18. The lowest BCUT2D eigenvalue weighted by atomic mass is 10.1. The van der Waals surface area contributed by atoms with Crippen molar-refractivity contribution in [3.63, 3.8) is 0 Å². The summed E-state index contributed by atoms with van der Waals surface area (Å²) in [7, 11) is 3.59.